The van der Waals surface area contributed by atoms with E-state index in [2.05, 4.69) is 9.83 Å². The number of ketones is 1. The number of ether oxygens (including phenoxy) is 1. The first-order valence-corrected chi connectivity index (χ1v) is 9.40. The fourth-order valence-corrected chi connectivity index (χ4v) is 3.23. The van der Waals surface area contributed by atoms with E-state index in [1.54, 1.807) is 42.6 Å². The molecule has 146 valence electrons. The number of nitrogens with zero attached hydrogens (tertiary/aromatic N) is 2. The van der Waals surface area contributed by atoms with Gasteiger partial charge in [-0.05, 0) is 35.4 Å². The van der Waals surface area contributed by atoms with Gasteiger partial charge in [0.2, 0.25) is 0 Å². The predicted molar refractivity (Wildman–Crippen MR) is 113 cm³/mol. The van der Waals surface area contributed by atoms with Gasteiger partial charge in [0, 0.05) is 30.5 Å². The van der Waals surface area contributed by atoms with Crippen molar-refractivity contribution in [1.29, 1.82) is 0 Å². The van der Waals surface area contributed by atoms with E-state index in [4.69, 9.17) is 11.3 Å². The van der Waals surface area contributed by atoms with Crippen LogP contribution >= 0.6 is 0 Å². The zero-order valence-electron chi connectivity index (χ0n) is 16.0. The number of carbonyl (C=O) groups excluding carboxylic acids is 1. The Hall–Kier alpha value is -4.04. The van der Waals surface area contributed by atoms with Gasteiger partial charge in [-0.3, -0.25) is 9.78 Å². The molecule has 0 N–H and O–H groups in total. The Morgan fingerprint density at radius 1 is 1.00 bits per heavy atom. The maximum absolute atomic E-state index is 14.6. The molecule has 0 aliphatic heterocycles. The van der Waals surface area contributed by atoms with Crippen LogP contribution in [0.4, 0.5) is 10.1 Å². The van der Waals surface area contributed by atoms with Crippen molar-refractivity contribution < 1.29 is 13.9 Å². The van der Waals surface area contributed by atoms with Crippen molar-refractivity contribution in [2.45, 2.75) is 12.8 Å². The molecule has 0 amide bonds. The van der Waals surface area contributed by atoms with Crippen molar-refractivity contribution in [3.63, 3.8) is 0 Å². The number of halogens is 1. The van der Waals surface area contributed by atoms with Gasteiger partial charge in [-0.25, -0.2) is 9.24 Å². The molecule has 0 aliphatic rings. The van der Waals surface area contributed by atoms with Crippen LogP contribution in [0.1, 0.15) is 11.1 Å². The van der Waals surface area contributed by atoms with Crippen LogP contribution in [0.15, 0.2) is 79.0 Å². The molecule has 0 unspecified atom stereocenters. The number of benzene rings is 3. The molecule has 0 radical (unpaired) electrons. The highest BCUT2D eigenvalue weighted by Gasteiger charge is 2.12. The molecule has 0 fully saturated rings. The van der Waals surface area contributed by atoms with Crippen molar-refractivity contribution in [3.8, 4) is 11.5 Å². The SMILES string of the molecule is [C-]#[N+]c1ccc2nccc(Oc3ccc(CC(=O)Cc4ccccc4)c(F)c3)c2c1. The smallest absolute Gasteiger partial charge is 0.188 e. The predicted octanol–water partition coefficient (Wildman–Crippen LogP) is 6.07. The number of aromatic nitrogens is 1. The largest absolute Gasteiger partial charge is 0.457 e. The summed E-state index contributed by atoms with van der Waals surface area (Å²) >= 11 is 0. The molecule has 0 aliphatic carbocycles. The second kappa shape index (κ2) is 8.54. The molecule has 0 saturated carbocycles. The Morgan fingerprint density at radius 2 is 1.83 bits per heavy atom. The van der Waals surface area contributed by atoms with Gasteiger partial charge in [0.05, 0.1) is 12.1 Å². The van der Waals surface area contributed by atoms with E-state index in [0.717, 1.165) is 5.56 Å². The summed E-state index contributed by atoms with van der Waals surface area (Å²) in [6.07, 6.45) is 1.89. The van der Waals surface area contributed by atoms with Crippen molar-refractivity contribution in [1.82, 2.24) is 4.98 Å². The summed E-state index contributed by atoms with van der Waals surface area (Å²) in [5.41, 5.74) is 2.40. The Morgan fingerprint density at radius 3 is 2.60 bits per heavy atom. The molecule has 3 aromatic carbocycles. The zero-order valence-corrected chi connectivity index (χ0v) is 16.0. The molecule has 4 nitrogen and oxygen atoms in total. The molecule has 5 heteroatoms. The molecule has 1 heterocycles. The first-order valence-electron chi connectivity index (χ1n) is 9.40. The molecular weight excluding hydrogens is 379 g/mol. The standard InChI is InChI=1S/C25H17FN2O2/c1-27-19-8-10-24-22(15-19)25(11-12-28-24)30-21-9-7-18(23(26)16-21)14-20(29)13-17-5-3-2-4-6-17/h2-12,15-16H,13-14H2. The van der Waals surface area contributed by atoms with Crippen LogP contribution < -0.4 is 4.74 Å². The maximum Gasteiger partial charge on any atom is 0.188 e. The fourth-order valence-electron chi connectivity index (χ4n) is 3.23. The Balaban J connectivity index is 1.52. The summed E-state index contributed by atoms with van der Waals surface area (Å²) in [4.78, 5) is 20.0. The van der Waals surface area contributed by atoms with Crippen molar-refractivity contribution >= 4 is 22.4 Å². The Bertz CT molecular complexity index is 1260. The molecule has 30 heavy (non-hydrogen) atoms. The lowest BCUT2D eigenvalue weighted by Gasteiger charge is -2.10. The van der Waals surface area contributed by atoms with Crippen molar-refractivity contribution in [2.24, 2.45) is 0 Å². The summed E-state index contributed by atoms with van der Waals surface area (Å²) in [5, 5.41) is 0.675. The molecule has 4 aromatic rings. The summed E-state index contributed by atoms with van der Waals surface area (Å²) in [5.74, 6) is 0.250. The van der Waals surface area contributed by atoms with E-state index >= 15 is 0 Å². The summed E-state index contributed by atoms with van der Waals surface area (Å²) in [6.45, 7) is 7.18. The summed E-state index contributed by atoms with van der Waals surface area (Å²) < 4.78 is 20.5. The number of hydrogen-bond acceptors (Lipinski definition) is 3. The minimum absolute atomic E-state index is 0.0214. The maximum atomic E-state index is 14.6. The highest BCUT2D eigenvalue weighted by Crippen LogP contribution is 2.32. The highest BCUT2D eigenvalue weighted by atomic mass is 19.1. The first-order chi connectivity index (χ1) is 14.6. The van der Waals surface area contributed by atoms with Gasteiger partial charge >= 0.3 is 0 Å². The first kappa shape index (κ1) is 19.3. The van der Waals surface area contributed by atoms with E-state index in [-0.39, 0.29) is 18.6 Å². The van der Waals surface area contributed by atoms with Crippen LogP contribution in [0.5, 0.6) is 11.5 Å². The van der Waals surface area contributed by atoms with Crippen LogP contribution in [-0.4, -0.2) is 10.8 Å². The van der Waals surface area contributed by atoms with Crippen LogP contribution in [0, 0.1) is 12.4 Å². The van der Waals surface area contributed by atoms with Crippen LogP contribution in [-0.2, 0) is 17.6 Å². The van der Waals surface area contributed by atoms with Gasteiger partial charge in [-0.2, -0.15) is 0 Å². The normalized spacial score (nSPS) is 10.5. The molecule has 0 atom stereocenters. The summed E-state index contributed by atoms with van der Waals surface area (Å²) in [6, 6.07) is 20.7. The van der Waals surface area contributed by atoms with E-state index in [1.807, 2.05) is 30.3 Å². The average molecular weight is 396 g/mol. The van der Waals surface area contributed by atoms with E-state index < -0.39 is 5.82 Å². The number of pyridine rings is 1. The monoisotopic (exact) mass is 396 g/mol. The lowest BCUT2D eigenvalue weighted by molar-refractivity contribution is -0.117. The molecule has 0 bridgehead atoms. The van der Waals surface area contributed by atoms with Crippen molar-refractivity contribution in [2.75, 3.05) is 0 Å². The minimum Gasteiger partial charge on any atom is -0.457 e. The van der Waals surface area contributed by atoms with E-state index in [9.17, 15) is 9.18 Å². The van der Waals surface area contributed by atoms with Crippen molar-refractivity contribution in [3.05, 3.63) is 107 Å². The third-order valence-electron chi connectivity index (χ3n) is 4.70. The van der Waals surface area contributed by atoms with Crippen LogP contribution in [0.2, 0.25) is 0 Å². The van der Waals surface area contributed by atoms with Gasteiger partial charge in [0.15, 0.2) is 5.69 Å². The second-order valence-electron chi connectivity index (χ2n) is 6.86. The highest BCUT2D eigenvalue weighted by molar-refractivity contribution is 5.88. The van der Waals surface area contributed by atoms with Gasteiger partial charge in [0.1, 0.15) is 23.1 Å². The number of Topliss-reactive ketones (excluding diaryl/α,β-unsaturated/α-hetero) is 1. The van der Waals surface area contributed by atoms with Gasteiger partial charge in [-0.15, -0.1) is 0 Å². The Kier molecular flexibility index (Phi) is 5.49. The van der Waals surface area contributed by atoms with Gasteiger partial charge in [-0.1, -0.05) is 42.5 Å². The molecule has 0 saturated heterocycles. The third-order valence-corrected chi connectivity index (χ3v) is 4.70. The number of carbonyl (C=O) groups is 1. The lowest BCUT2D eigenvalue weighted by atomic mass is 10.0. The minimum atomic E-state index is -0.492. The molecule has 0 spiro atoms. The van der Waals surface area contributed by atoms with E-state index in [1.165, 1.54) is 6.07 Å². The Labute approximate surface area is 173 Å². The van der Waals surface area contributed by atoms with Crippen LogP contribution in [0.25, 0.3) is 15.7 Å². The van der Waals surface area contributed by atoms with Gasteiger partial charge in [0.25, 0.3) is 0 Å². The molecule has 1 aromatic heterocycles. The van der Waals surface area contributed by atoms with Gasteiger partial charge < -0.3 is 4.74 Å². The lowest BCUT2D eigenvalue weighted by Crippen LogP contribution is -2.08. The fraction of sp³-hybridized carbons (Fsp3) is 0.0800. The zero-order chi connectivity index (χ0) is 20.9. The number of fused-ring (bicyclic) bond motifs is 1. The number of rotatable bonds is 6. The van der Waals surface area contributed by atoms with Crippen LogP contribution in [0.3, 0.4) is 0 Å². The third kappa shape index (κ3) is 4.34. The average Bonchev–Trinajstić information content (AvgIpc) is 2.76. The second-order valence-corrected chi connectivity index (χ2v) is 6.86. The van der Waals surface area contributed by atoms with E-state index in [0.29, 0.717) is 33.7 Å². The topological polar surface area (TPSA) is 43.5 Å². The molecular formula is C25H17FN2O2. The quantitative estimate of drug-likeness (QED) is 0.372. The molecule has 4 rings (SSSR count). The number of hydrogen-bond donors (Lipinski definition) is 0. The summed E-state index contributed by atoms with van der Waals surface area (Å²) in [7, 11) is 0.